The van der Waals surface area contributed by atoms with Crippen LogP contribution in [-0.2, 0) is 28.7 Å². The summed E-state index contributed by atoms with van der Waals surface area (Å²) in [5.41, 5.74) is -1.28. The van der Waals surface area contributed by atoms with Gasteiger partial charge >= 0.3 is 8.60 Å². The van der Waals surface area contributed by atoms with E-state index in [9.17, 15) is 15.5 Å². The highest BCUT2D eigenvalue weighted by Gasteiger charge is 2.61. The Morgan fingerprint density at radius 2 is 1.47 bits per heavy atom. The molecule has 12 heteroatoms. The van der Waals surface area contributed by atoms with Gasteiger partial charge in [0, 0.05) is 13.5 Å². The lowest BCUT2D eigenvalue weighted by Gasteiger charge is -2.54. The number of fused-ring (bicyclic) bond motifs is 4. The first-order valence-corrected chi connectivity index (χ1v) is 19.8. The molecule has 2 bridgehead atoms. The molecule has 4 aliphatic heterocycles. The maximum atomic E-state index is 11.5. The smallest absolute Gasteiger partial charge is 0.326 e. The zero-order chi connectivity index (χ0) is 36.6. The van der Waals surface area contributed by atoms with E-state index >= 15 is 0 Å². The summed E-state index contributed by atoms with van der Waals surface area (Å²) in [6.45, 7) is 13.8. The molecule has 11 nitrogen and oxygen atoms in total. The third-order valence-electron chi connectivity index (χ3n) is 13.3. The Morgan fingerprint density at radius 1 is 0.857 bits per heavy atom. The van der Waals surface area contributed by atoms with Crippen molar-refractivity contribution in [1.82, 2.24) is 0 Å². The first-order chi connectivity index (χ1) is 23.3. The summed E-state index contributed by atoms with van der Waals surface area (Å²) >= 11 is 0. The van der Waals surface area contributed by atoms with Gasteiger partial charge < -0.3 is 34.0 Å². The molecular weight excluding hydrogens is 651 g/mol. The second-order valence-corrected chi connectivity index (χ2v) is 16.6. The largest absolute Gasteiger partial charge is 0.393 e. The van der Waals surface area contributed by atoms with E-state index in [0.29, 0.717) is 43.8 Å². The highest BCUT2D eigenvalue weighted by atomic mass is 31.2. The standard InChI is InChI=1S/C34H60O8.C2H2.CH5O3P/c1-7-25-13-16-28(34-20-39-32(6,41-42-34)18-17-29(25)34)24(5)31(36)10-8-9-30(35)23(4)27-14-11-21(2)26-15-12-22(3)38-19-33(26,27)40-37;1-2;1-4-5(2)3/h21-31,35-37H,7-20H2,1-6H3;1-2H;2-3H,1H3/t21-,22?,23?,24?,25-,26+,27+,28+,29?,30?,31?,32-,33-,34+;;/m1../s1. The van der Waals surface area contributed by atoms with E-state index < -0.39 is 37.8 Å². The number of hydrogen-bond acceptors (Lipinski definition) is 11. The molecule has 1 spiro atoms. The minimum atomic E-state index is -2.10. The van der Waals surface area contributed by atoms with Gasteiger partial charge in [0.1, 0.15) is 11.2 Å². The van der Waals surface area contributed by atoms with E-state index in [1.54, 1.807) is 0 Å². The van der Waals surface area contributed by atoms with E-state index in [1.807, 2.05) is 6.92 Å². The highest BCUT2D eigenvalue weighted by molar-refractivity contribution is 7.39. The van der Waals surface area contributed by atoms with Gasteiger partial charge in [-0.3, -0.25) is 5.26 Å². The highest BCUT2D eigenvalue weighted by Crippen LogP contribution is 2.56. The maximum absolute atomic E-state index is 11.5. The Labute approximate surface area is 296 Å². The molecule has 0 aromatic heterocycles. The summed E-state index contributed by atoms with van der Waals surface area (Å²) < 4.78 is 16.3. The van der Waals surface area contributed by atoms with Gasteiger partial charge in [0.05, 0.1) is 31.5 Å². The Balaban J connectivity index is 0.000000852. The van der Waals surface area contributed by atoms with E-state index in [0.717, 1.165) is 64.2 Å². The Morgan fingerprint density at radius 3 is 2.02 bits per heavy atom. The van der Waals surface area contributed by atoms with Crippen molar-refractivity contribution in [3.8, 4) is 12.8 Å². The maximum Gasteiger partial charge on any atom is 0.326 e. The van der Waals surface area contributed by atoms with Gasteiger partial charge in [-0.05, 0) is 125 Å². The molecule has 0 aromatic carbocycles. The molecule has 2 aliphatic carbocycles. The molecule has 6 fully saturated rings. The Bertz CT molecular complexity index is 991. The summed E-state index contributed by atoms with van der Waals surface area (Å²) in [4.78, 5) is 33.1. The van der Waals surface area contributed by atoms with Crippen LogP contribution in [0.3, 0.4) is 0 Å². The molecule has 4 heterocycles. The molecule has 0 amide bonds. The Hall–Kier alpha value is -0.450. The second kappa shape index (κ2) is 19.0. The zero-order valence-electron chi connectivity index (χ0n) is 31.0. The molecule has 6 aliphatic rings. The lowest BCUT2D eigenvalue weighted by atomic mass is 9.58. The van der Waals surface area contributed by atoms with Crippen LogP contribution in [0.15, 0.2) is 0 Å². The van der Waals surface area contributed by atoms with Crippen LogP contribution in [-0.4, -0.2) is 80.9 Å². The molecule has 0 aromatic rings. The molecule has 4 saturated heterocycles. The third-order valence-corrected chi connectivity index (χ3v) is 13.6. The van der Waals surface area contributed by atoms with Crippen LogP contribution in [0.2, 0.25) is 0 Å². The van der Waals surface area contributed by atoms with Crippen LogP contribution in [0.5, 0.6) is 0 Å². The predicted molar refractivity (Wildman–Crippen MR) is 187 cm³/mol. The van der Waals surface area contributed by atoms with Gasteiger partial charge in [0.15, 0.2) is 5.79 Å². The summed E-state index contributed by atoms with van der Waals surface area (Å²) in [6.07, 6.45) is 18.1. The van der Waals surface area contributed by atoms with Gasteiger partial charge in [0.25, 0.3) is 0 Å². The molecule has 0 radical (unpaired) electrons. The van der Waals surface area contributed by atoms with Crippen LogP contribution in [0.1, 0.15) is 119 Å². The van der Waals surface area contributed by atoms with Gasteiger partial charge in [-0.25, -0.2) is 14.7 Å². The summed E-state index contributed by atoms with van der Waals surface area (Å²) in [6, 6.07) is 0. The SMILES string of the molecule is C#C.CC[C@@H]1CC[C@@H](C(C)C(O)CCCC(O)C(C)[C@@H]2CC[C@@H](C)[C@@H]3CCC(C)OC[C@]23OO)[C@@]23CO[C@@](C)(CCC12)OO3.COP(O)O. The number of aliphatic hydroxyl groups excluding tert-OH is 2. The average Bonchev–Trinajstić information content (AvgIpc) is 3.46. The van der Waals surface area contributed by atoms with Crippen molar-refractivity contribution < 1.29 is 53.9 Å². The third kappa shape index (κ3) is 9.57. The molecule has 49 heavy (non-hydrogen) atoms. The van der Waals surface area contributed by atoms with Crippen molar-refractivity contribution in [2.24, 2.45) is 47.3 Å². The first kappa shape index (κ1) is 43.0. The fraction of sp³-hybridized carbons (Fsp3) is 0.946. The van der Waals surface area contributed by atoms with E-state index in [4.69, 9.17) is 33.9 Å². The fourth-order valence-electron chi connectivity index (χ4n) is 10.2. The van der Waals surface area contributed by atoms with Crippen molar-refractivity contribution in [2.75, 3.05) is 20.3 Å². The van der Waals surface area contributed by atoms with Crippen molar-refractivity contribution in [1.29, 1.82) is 0 Å². The monoisotopic (exact) mass is 718 g/mol. The lowest BCUT2D eigenvalue weighted by molar-refractivity contribution is -0.517. The predicted octanol–water partition coefficient (Wildman–Crippen LogP) is 6.61. The van der Waals surface area contributed by atoms with E-state index in [-0.39, 0.29) is 35.7 Å². The van der Waals surface area contributed by atoms with Crippen LogP contribution in [0, 0.1) is 60.2 Å². The van der Waals surface area contributed by atoms with Crippen molar-refractivity contribution in [3.63, 3.8) is 0 Å². The van der Waals surface area contributed by atoms with Crippen LogP contribution < -0.4 is 0 Å². The van der Waals surface area contributed by atoms with Crippen LogP contribution in [0.25, 0.3) is 0 Å². The van der Waals surface area contributed by atoms with E-state index in [1.165, 1.54) is 7.11 Å². The molecule has 6 rings (SSSR count). The first-order valence-electron chi connectivity index (χ1n) is 18.6. The number of terminal acetylenes is 1. The van der Waals surface area contributed by atoms with Gasteiger partial charge in [0.2, 0.25) is 0 Å². The normalized spacial score (nSPS) is 41.2. The fourth-order valence-corrected chi connectivity index (χ4v) is 10.2. The molecule has 5 N–H and O–H groups in total. The summed E-state index contributed by atoms with van der Waals surface area (Å²) in [7, 11) is -0.870. The minimum absolute atomic E-state index is 0.0157. The topological polar surface area (TPSA) is 157 Å². The van der Waals surface area contributed by atoms with Crippen molar-refractivity contribution in [3.05, 3.63) is 0 Å². The molecule has 6 unspecified atom stereocenters. The second-order valence-electron chi connectivity index (χ2n) is 15.8. The minimum Gasteiger partial charge on any atom is -0.393 e. The van der Waals surface area contributed by atoms with E-state index in [2.05, 4.69) is 52.0 Å². The molecular formula is C37H67O11P. The van der Waals surface area contributed by atoms with Crippen LogP contribution in [0.4, 0.5) is 0 Å². The number of rotatable bonds is 11. The van der Waals surface area contributed by atoms with Gasteiger partial charge in [-0.2, -0.15) is 0 Å². The van der Waals surface area contributed by atoms with Crippen molar-refractivity contribution in [2.45, 2.75) is 154 Å². The zero-order valence-corrected chi connectivity index (χ0v) is 31.9. The average molecular weight is 719 g/mol. The summed E-state index contributed by atoms with van der Waals surface area (Å²) in [5, 5.41) is 33.2. The molecule has 2 saturated carbocycles. The van der Waals surface area contributed by atoms with Gasteiger partial charge in [-0.15, -0.1) is 12.8 Å². The van der Waals surface area contributed by atoms with Crippen LogP contribution >= 0.6 is 8.60 Å². The quantitative estimate of drug-likeness (QED) is 0.0678. The lowest BCUT2D eigenvalue weighted by Crippen LogP contribution is -2.61. The van der Waals surface area contributed by atoms with Crippen molar-refractivity contribution >= 4 is 8.60 Å². The number of hydrogen-bond donors (Lipinski definition) is 5. The number of aliphatic hydroxyl groups is 2. The molecule has 286 valence electrons. The molecule has 14 atom stereocenters. The van der Waals surface area contributed by atoms with Gasteiger partial charge in [-0.1, -0.05) is 34.1 Å². The Kier molecular flexibility index (Phi) is 16.7. The number of ether oxygens (including phenoxy) is 2. The summed E-state index contributed by atoms with van der Waals surface area (Å²) in [5.74, 6) is 1.12.